The molecule has 0 saturated carbocycles. The van der Waals surface area contributed by atoms with E-state index in [0.717, 1.165) is 5.75 Å². The second-order valence-electron chi connectivity index (χ2n) is 3.44. The van der Waals surface area contributed by atoms with Crippen LogP contribution in [0.3, 0.4) is 0 Å². The molecule has 16 heavy (non-hydrogen) atoms. The average Bonchev–Trinajstić information content (AvgIpc) is 2.33. The largest absolute Gasteiger partial charge is 1.00 e. The Hall–Kier alpha value is 0.740. The molecule has 0 heterocycles. The van der Waals surface area contributed by atoms with Gasteiger partial charge in [-0.2, -0.15) is 5.75 Å². The van der Waals surface area contributed by atoms with Crippen molar-refractivity contribution in [2.75, 3.05) is 18.5 Å². The minimum Gasteiger partial charge on any atom is -0.788 e. The molecule has 0 aliphatic carbocycles. The smallest absolute Gasteiger partial charge is 0.788 e. The van der Waals surface area contributed by atoms with E-state index in [1.807, 2.05) is 30.3 Å². The van der Waals surface area contributed by atoms with Gasteiger partial charge in [0, 0.05) is 0 Å². The van der Waals surface area contributed by atoms with Crippen LogP contribution >= 0.6 is 7.92 Å². The van der Waals surface area contributed by atoms with Gasteiger partial charge in [0.15, 0.2) is 0 Å². The van der Waals surface area contributed by atoms with E-state index in [0.29, 0.717) is 0 Å². The fourth-order valence-corrected chi connectivity index (χ4v) is 3.02. The normalized spacial score (nSPS) is 9.06. The van der Waals surface area contributed by atoms with E-state index in [1.165, 1.54) is 24.0 Å². The van der Waals surface area contributed by atoms with Crippen LogP contribution in [0, 0.1) is 0 Å². The zero-order valence-electron chi connectivity index (χ0n) is 10.4. The molecule has 0 aliphatic heterocycles. The zero-order valence-corrected chi connectivity index (χ0v) is 14.4. The summed E-state index contributed by atoms with van der Waals surface area (Å²) in [5, 5.41) is 0. The summed E-state index contributed by atoms with van der Waals surface area (Å²) in [5.41, 5.74) is 1.22. The molecule has 0 bridgehead atoms. The van der Waals surface area contributed by atoms with E-state index in [-0.39, 0.29) is 30.3 Å². The van der Waals surface area contributed by atoms with Gasteiger partial charge in [-0.25, -0.2) is 0 Å². The summed E-state index contributed by atoms with van der Waals surface area (Å²) < 4.78 is 0. The molecule has 0 saturated heterocycles. The minimum absolute atomic E-state index is 0. The summed E-state index contributed by atoms with van der Waals surface area (Å²) in [6.45, 7) is 6.92. The maximum atomic E-state index is 4.82. The molecular weight excluding hydrogens is 416 g/mol. The van der Waals surface area contributed by atoms with Gasteiger partial charge in [0.25, 0.3) is 0 Å². The van der Waals surface area contributed by atoms with Gasteiger partial charge < -0.3 is 12.6 Å². The van der Waals surface area contributed by atoms with Crippen LogP contribution in [0.2, 0.25) is 0 Å². The summed E-state index contributed by atoms with van der Waals surface area (Å²) in [5.74, 6) is 0.723. The molecule has 0 unspecified atom stereocenters. The molecule has 0 atom stereocenters. The van der Waals surface area contributed by atoms with Crippen LogP contribution in [0.4, 0.5) is 0 Å². The molecule has 3 heteroatoms. The molecule has 96 valence electrons. The van der Waals surface area contributed by atoms with Gasteiger partial charge in [-0.3, -0.25) is 0 Å². The van der Waals surface area contributed by atoms with E-state index in [9.17, 15) is 0 Å². The van der Waals surface area contributed by atoms with Gasteiger partial charge >= 0.3 is 22.4 Å². The average molecular weight is 439 g/mol. The molecule has 0 fully saturated rings. The van der Waals surface area contributed by atoms with Crippen molar-refractivity contribution in [2.45, 2.75) is 26.5 Å². The van der Waals surface area contributed by atoms with Crippen LogP contribution in [-0.4, -0.2) is 18.5 Å². The second-order valence-corrected chi connectivity index (χ2v) is 7.35. The third-order valence-corrected chi connectivity index (χ3v) is 5.84. The first-order valence-corrected chi connectivity index (χ1v) is 8.43. The fourth-order valence-electron chi connectivity index (χ4n) is 1.32. The molecule has 0 aliphatic rings. The Morgan fingerprint density at radius 3 is 1.56 bits per heavy atom. The SMILES string of the molecule is CC[PH+](CC)CC.[Au+].[S-]Cc1ccccc1. The fraction of sp³-hybridized carbons (Fsp3) is 0.538. The minimum atomic E-state index is 0. The first-order chi connectivity index (χ1) is 7.28. The molecule has 0 N–H and O–H groups in total. The van der Waals surface area contributed by atoms with Gasteiger partial charge in [0.2, 0.25) is 0 Å². The first kappa shape index (κ1) is 19.1. The Labute approximate surface area is 123 Å². The number of rotatable bonds is 4. The molecule has 0 amide bonds. The standard InChI is InChI=1S/C7H8S.C6H15P.Au/c8-6-7-4-2-1-3-5-7;1-4-7(5-2)6-3;/h1-5,8H,6H2;4-6H2,1-3H3;/q;;+1. The maximum Gasteiger partial charge on any atom is 1.00 e. The predicted molar refractivity (Wildman–Crippen MR) is 77.4 cm³/mol. The van der Waals surface area contributed by atoms with Crippen LogP contribution in [-0.2, 0) is 40.8 Å². The number of benzene rings is 1. The van der Waals surface area contributed by atoms with Crippen molar-refractivity contribution in [1.82, 2.24) is 0 Å². The molecule has 1 rings (SSSR count). The molecule has 0 nitrogen and oxygen atoms in total. The topological polar surface area (TPSA) is 0 Å². The van der Waals surface area contributed by atoms with Crippen molar-refractivity contribution in [3.05, 3.63) is 35.9 Å². The van der Waals surface area contributed by atoms with Crippen molar-refractivity contribution in [1.29, 1.82) is 0 Å². The van der Waals surface area contributed by atoms with Gasteiger partial charge in [-0.1, -0.05) is 35.9 Å². The molecular formula is C13H23AuPS+. The summed E-state index contributed by atoms with van der Waals surface area (Å²) in [6.07, 6.45) is 4.37. The van der Waals surface area contributed by atoms with E-state index >= 15 is 0 Å². The quantitative estimate of drug-likeness (QED) is 0.389. The van der Waals surface area contributed by atoms with Crippen molar-refractivity contribution in [2.24, 2.45) is 0 Å². The molecule has 1 aromatic carbocycles. The third-order valence-electron chi connectivity index (χ3n) is 2.51. The van der Waals surface area contributed by atoms with Crippen molar-refractivity contribution in [3.8, 4) is 0 Å². The Morgan fingerprint density at radius 1 is 0.938 bits per heavy atom. The monoisotopic (exact) mass is 439 g/mol. The van der Waals surface area contributed by atoms with Crippen LogP contribution in [0.25, 0.3) is 0 Å². The first-order valence-electron chi connectivity index (χ1n) is 5.73. The van der Waals surface area contributed by atoms with Gasteiger partial charge in [0.05, 0.1) is 18.5 Å². The third kappa shape index (κ3) is 9.93. The summed E-state index contributed by atoms with van der Waals surface area (Å²) >= 11 is 4.82. The van der Waals surface area contributed by atoms with Crippen LogP contribution in [0.5, 0.6) is 0 Å². The Bertz CT molecular complexity index is 219. The zero-order chi connectivity index (χ0) is 11.5. The number of hydrogen-bond donors (Lipinski definition) is 0. The van der Waals surface area contributed by atoms with Crippen LogP contribution in [0.15, 0.2) is 30.3 Å². The maximum absolute atomic E-state index is 4.82. The van der Waals surface area contributed by atoms with Gasteiger partial charge in [-0.05, 0) is 28.7 Å². The van der Waals surface area contributed by atoms with E-state index < -0.39 is 0 Å². The molecule has 0 aromatic heterocycles. The van der Waals surface area contributed by atoms with Crippen molar-refractivity contribution < 1.29 is 22.4 Å². The van der Waals surface area contributed by atoms with Crippen LogP contribution in [0.1, 0.15) is 26.3 Å². The van der Waals surface area contributed by atoms with Crippen molar-refractivity contribution in [3.63, 3.8) is 0 Å². The van der Waals surface area contributed by atoms with E-state index in [1.54, 1.807) is 0 Å². The second kappa shape index (κ2) is 13.8. The molecule has 0 spiro atoms. The summed E-state index contributed by atoms with van der Waals surface area (Å²) in [7, 11) is 0.137. The van der Waals surface area contributed by atoms with Crippen molar-refractivity contribution >= 4 is 20.6 Å². The molecule has 0 radical (unpaired) electrons. The Morgan fingerprint density at radius 2 is 1.38 bits per heavy atom. The summed E-state index contributed by atoms with van der Waals surface area (Å²) in [6, 6.07) is 10.1. The molecule has 1 aromatic rings. The predicted octanol–water partition coefficient (Wildman–Crippen LogP) is 3.99. The Balaban J connectivity index is 0. The van der Waals surface area contributed by atoms with E-state index in [4.69, 9.17) is 12.6 Å². The summed E-state index contributed by atoms with van der Waals surface area (Å²) in [4.78, 5) is 0. The number of hydrogen-bond acceptors (Lipinski definition) is 1. The van der Waals surface area contributed by atoms with Gasteiger partial charge in [0.1, 0.15) is 0 Å². The Kier molecular flexibility index (Phi) is 16.5. The van der Waals surface area contributed by atoms with Gasteiger partial charge in [-0.15, -0.1) is 0 Å². The van der Waals surface area contributed by atoms with Crippen LogP contribution < -0.4 is 0 Å². The van der Waals surface area contributed by atoms with E-state index in [2.05, 4.69) is 20.8 Å².